The average Bonchev–Trinajstić information content (AvgIpc) is 2.94. The highest BCUT2D eigenvalue weighted by molar-refractivity contribution is 5.82. The number of amides is 2. The van der Waals surface area contributed by atoms with E-state index in [0.717, 1.165) is 25.9 Å². The number of carbonyl (C=O) groups is 2. The molecule has 2 amide bonds. The van der Waals surface area contributed by atoms with Crippen LogP contribution in [0.4, 0.5) is 4.79 Å². The summed E-state index contributed by atoms with van der Waals surface area (Å²) < 4.78 is 0. The standard InChI is InChI=1S/C13H23N3O3/c1-3-10(12(17)18)15(2)13(19)14-9-6-8-16-7-4-5-11(9)16/h9-11H,3-8H2,1-2H3,(H,14,19)(H,17,18). The lowest BCUT2D eigenvalue weighted by molar-refractivity contribution is -0.141. The smallest absolute Gasteiger partial charge is 0.326 e. The molecular weight excluding hydrogens is 246 g/mol. The van der Waals surface area contributed by atoms with Crippen LogP contribution < -0.4 is 5.32 Å². The first-order chi connectivity index (χ1) is 9.04. The fourth-order valence-corrected chi connectivity index (χ4v) is 3.27. The molecule has 2 heterocycles. The van der Waals surface area contributed by atoms with Gasteiger partial charge >= 0.3 is 12.0 Å². The predicted octanol–water partition coefficient (Wildman–Crippen LogP) is 0.728. The van der Waals surface area contributed by atoms with Gasteiger partial charge in [0, 0.05) is 25.7 Å². The monoisotopic (exact) mass is 269 g/mol. The van der Waals surface area contributed by atoms with Crippen LogP contribution in [0.5, 0.6) is 0 Å². The summed E-state index contributed by atoms with van der Waals surface area (Å²) in [5.41, 5.74) is 0. The minimum atomic E-state index is -0.950. The Hall–Kier alpha value is -1.30. The maximum absolute atomic E-state index is 12.1. The molecule has 0 aromatic carbocycles. The van der Waals surface area contributed by atoms with E-state index in [9.17, 15) is 9.59 Å². The lowest BCUT2D eigenvalue weighted by atomic mass is 10.1. The number of carboxylic acids is 1. The van der Waals surface area contributed by atoms with E-state index >= 15 is 0 Å². The SMILES string of the molecule is CCC(C(=O)O)N(C)C(=O)NC1CCN2CCCC12. The van der Waals surface area contributed by atoms with E-state index in [1.54, 1.807) is 14.0 Å². The number of fused-ring (bicyclic) bond motifs is 1. The van der Waals surface area contributed by atoms with Crippen molar-refractivity contribution in [3.8, 4) is 0 Å². The molecule has 0 radical (unpaired) electrons. The average molecular weight is 269 g/mol. The van der Waals surface area contributed by atoms with Crippen LogP contribution in [-0.2, 0) is 4.79 Å². The molecule has 2 N–H and O–H groups in total. The van der Waals surface area contributed by atoms with Crippen molar-refractivity contribution in [2.75, 3.05) is 20.1 Å². The van der Waals surface area contributed by atoms with E-state index in [-0.39, 0.29) is 12.1 Å². The van der Waals surface area contributed by atoms with Crippen molar-refractivity contribution in [3.63, 3.8) is 0 Å². The van der Waals surface area contributed by atoms with Gasteiger partial charge in [0.05, 0.1) is 0 Å². The van der Waals surface area contributed by atoms with E-state index in [2.05, 4.69) is 10.2 Å². The molecule has 108 valence electrons. The first kappa shape index (κ1) is 14.1. The van der Waals surface area contributed by atoms with Crippen molar-refractivity contribution in [1.82, 2.24) is 15.1 Å². The van der Waals surface area contributed by atoms with Crippen molar-refractivity contribution in [2.45, 2.75) is 50.7 Å². The Morgan fingerprint density at radius 3 is 2.79 bits per heavy atom. The third kappa shape index (κ3) is 2.83. The predicted molar refractivity (Wildman–Crippen MR) is 71.0 cm³/mol. The first-order valence-corrected chi connectivity index (χ1v) is 7.04. The maximum atomic E-state index is 12.1. The number of nitrogens with one attached hydrogen (secondary N) is 1. The number of carboxylic acid groups (broad SMARTS) is 1. The lowest BCUT2D eigenvalue weighted by Crippen LogP contribution is -2.52. The minimum Gasteiger partial charge on any atom is -0.480 e. The van der Waals surface area contributed by atoms with Crippen LogP contribution in [0.3, 0.4) is 0 Å². The Morgan fingerprint density at radius 1 is 1.42 bits per heavy atom. The summed E-state index contributed by atoms with van der Waals surface area (Å²) in [5.74, 6) is -0.950. The van der Waals surface area contributed by atoms with Crippen LogP contribution in [0.2, 0.25) is 0 Å². The highest BCUT2D eigenvalue weighted by Crippen LogP contribution is 2.28. The largest absolute Gasteiger partial charge is 0.480 e. The fraction of sp³-hybridized carbons (Fsp3) is 0.846. The zero-order valence-corrected chi connectivity index (χ0v) is 11.6. The molecule has 2 aliphatic heterocycles. The van der Waals surface area contributed by atoms with Gasteiger partial charge < -0.3 is 15.3 Å². The summed E-state index contributed by atoms with van der Waals surface area (Å²) in [6, 6.07) is -0.403. The number of hydrogen-bond donors (Lipinski definition) is 2. The Labute approximate surface area is 113 Å². The quantitative estimate of drug-likeness (QED) is 0.789. The molecule has 19 heavy (non-hydrogen) atoms. The number of nitrogens with zero attached hydrogens (tertiary/aromatic N) is 2. The van der Waals surface area contributed by atoms with Crippen LogP contribution in [-0.4, -0.2) is 65.2 Å². The first-order valence-electron chi connectivity index (χ1n) is 7.04. The number of aliphatic carboxylic acids is 1. The Kier molecular flexibility index (Phi) is 4.29. The summed E-state index contributed by atoms with van der Waals surface area (Å²) in [6.07, 6.45) is 3.71. The molecule has 0 spiro atoms. The van der Waals surface area contributed by atoms with Gasteiger partial charge in [-0.05, 0) is 32.2 Å². The molecule has 0 aromatic heterocycles. The van der Waals surface area contributed by atoms with Gasteiger partial charge in [-0.15, -0.1) is 0 Å². The molecule has 3 unspecified atom stereocenters. The van der Waals surface area contributed by atoms with Gasteiger partial charge in [0.25, 0.3) is 0 Å². The second-order valence-corrected chi connectivity index (χ2v) is 5.46. The van der Waals surface area contributed by atoms with Gasteiger partial charge in [-0.3, -0.25) is 4.90 Å². The normalized spacial score (nSPS) is 27.9. The van der Waals surface area contributed by atoms with Gasteiger partial charge in [-0.25, -0.2) is 9.59 Å². The van der Waals surface area contributed by atoms with Crippen molar-refractivity contribution < 1.29 is 14.7 Å². The van der Waals surface area contributed by atoms with E-state index in [1.807, 2.05) is 0 Å². The Balaban J connectivity index is 1.91. The topological polar surface area (TPSA) is 72.9 Å². The molecule has 0 aromatic rings. The highest BCUT2D eigenvalue weighted by atomic mass is 16.4. The molecule has 0 saturated carbocycles. The Bertz CT molecular complexity index is 361. The number of rotatable bonds is 4. The zero-order chi connectivity index (χ0) is 14.0. The van der Waals surface area contributed by atoms with Crippen LogP contribution in [0.1, 0.15) is 32.6 Å². The van der Waals surface area contributed by atoms with Crippen molar-refractivity contribution in [3.05, 3.63) is 0 Å². The van der Waals surface area contributed by atoms with Gasteiger partial charge in [0.2, 0.25) is 0 Å². The molecule has 2 rings (SSSR count). The maximum Gasteiger partial charge on any atom is 0.326 e. The molecule has 2 aliphatic rings. The minimum absolute atomic E-state index is 0.170. The van der Waals surface area contributed by atoms with Crippen LogP contribution in [0.15, 0.2) is 0 Å². The second-order valence-electron chi connectivity index (χ2n) is 5.46. The third-order valence-corrected chi connectivity index (χ3v) is 4.37. The molecule has 0 bridgehead atoms. The third-order valence-electron chi connectivity index (χ3n) is 4.37. The van der Waals surface area contributed by atoms with Gasteiger partial charge in [-0.2, -0.15) is 0 Å². The molecule has 6 nitrogen and oxygen atoms in total. The zero-order valence-electron chi connectivity index (χ0n) is 11.6. The number of likely N-dealkylation sites (N-methyl/N-ethyl adjacent to an activating group) is 1. The number of carbonyl (C=O) groups excluding carboxylic acids is 1. The fourth-order valence-electron chi connectivity index (χ4n) is 3.27. The van der Waals surface area contributed by atoms with Gasteiger partial charge in [0.1, 0.15) is 6.04 Å². The van der Waals surface area contributed by atoms with Crippen LogP contribution in [0.25, 0.3) is 0 Å². The van der Waals surface area contributed by atoms with E-state index in [0.29, 0.717) is 12.5 Å². The van der Waals surface area contributed by atoms with Gasteiger partial charge in [0.15, 0.2) is 0 Å². The molecule has 3 atom stereocenters. The molecule has 6 heteroatoms. The number of hydrogen-bond acceptors (Lipinski definition) is 3. The summed E-state index contributed by atoms with van der Waals surface area (Å²) in [5, 5.41) is 12.1. The molecule has 2 fully saturated rings. The highest BCUT2D eigenvalue weighted by Gasteiger charge is 2.38. The molecule has 0 aliphatic carbocycles. The van der Waals surface area contributed by atoms with E-state index < -0.39 is 12.0 Å². The summed E-state index contributed by atoms with van der Waals surface area (Å²) in [6.45, 7) is 3.94. The van der Waals surface area contributed by atoms with Gasteiger partial charge in [-0.1, -0.05) is 6.92 Å². The molecule has 2 saturated heterocycles. The van der Waals surface area contributed by atoms with E-state index in [4.69, 9.17) is 5.11 Å². The van der Waals surface area contributed by atoms with Crippen molar-refractivity contribution in [1.29, 1.82) is 0 Å². The summed E-state index contributed by atoms with van der Waals surface area (Å²) in [4.78, 5) is 26.9. The Morgan fingerprint density at radius 2 is 2.16 bits per heavy atom. The van der Waals surface area contributed by atoms with E-state index in [1.165, 1.54) is 11.3 Å². The summed E-state index contributed by atoms with van der Waals surface area (Å²) in [7, 11) is 1.55. The number of urea groups is 1. The van der Waals surface area contributed by atoms with Crippen molar-refractivity contribution >= 4 is 12.0 Å². The lowest BCUT2D eigenvalue weighted by Gasteiger charge is -2.28. The summed E-state index contributed by atoms with van der Waals surface area (Å²) >= 11 is 0. The van der Waals surface area contributed by atoms with Crippen LogP contribution >= 0.6 is 0 Å². The van der Waals surface area contributed by atoms with Crippen LogP contribution in [0, 0.1) is 0 Å². The molecular formula is C13H23N3O3. The second kappa shape index (κ2) is 5.77. The van der Waals surface area contributed by atoms with Crippen molar-refractivity contribution in [2.24, 2.45) is 0 Å².